The third-order valence-electron chi connectivity index (χ3n) is 4.71. The van der Waals surface area contributed by atoms with Crippen molar-refractivity contribution in [1.82, 2.24) is 9.88 Å². The molecule has 0 fully saturated rings. The quantitative estimate of drug-likeness (QED) is 0.558. The number of amides is 1. The molecule has 1 aromatic carbocycles. The monoisotopic (exact) mass is 483 g/mol. The molecule has 0 saturated heterocycles. The van der Waals surface area contributed by atoms with Gasteiger partial charge in [0.25, 0.3) is 5.91 Å². The number of ether oxygens (including phenoxy) is 1. The Kier molecular flexibility index (Phi) is 7.70. The summed E-state index contributed by atoms with van der Waals surface area (Å²) in [7, 11) is 0. The number of benzene rings is 1. The molecule has 1 aliphatic rings. The predicted molar refractivity (Wildman–Crippen MR) is 114 cm³/mol. The normalized spacial score (nSPS) is 14.0. The summed E-state index contributed by atoms with van der Waals surface area (Å²) in [5.74, 6) is 0.804. The molecule has 0 N–H and O–H groups in total. The molecule has 0 spiro atoms. The number of halogens is 3. The van der Waals surface area contributed by atoms with Gasteiger partial charge in [0.1, 0.15) is 17.4 Å². The lowest BCUT2D eigenvalue weighted by atomic mass is 9.95. The number of rotatable bonds is 5. The molecule has 3 rings (SSSR count). The van der Waals surface area contributed by atoms with Crippen molar-refractivity contribution in [2.45, 2.75) is 32.2 Å². The van der Waals surface area contributed by atoms with Gasteiger partial charge < -0.3 is 9.64 Å². The molecular formula is C20H20BrCl2N3O2. The Morgan fingerprint density at radius 3 is 2.82 bits per heavy atom. The minimum absolute atomic E-state index is 0. The van der Waals surface area contributed by atoms with Crippen molar-refractivity contribution in [3.8, 4) is 11.8 Å². The second-order valence-electron chi connectivity index (χ2n) is 6.31. The molecule has 0 aliphatic carbocycles. The van der Waals surface area contributed by atoms with Gasteiger partial charge in [0.2, 0.25) is 0 Å². The fourth-order valence-corrected chi connectivity index (χ4v) is 4.13. The van der Waals surface area contributed by atoms with Crippen LogP contribution in [0.3, 0.4) is 0 Å². The van der Waals surface area contributed by atoms with Gasteiger partial charge >= 0.3 is 0 Å². The van der Waals surface area contributed by atoms with Crippen molar-refractivity contribution in [2.24, 2.45) is 0 Å². The first-order valence-corrected chi connectivity index (χ1v) is 10.0. The maximum absolute atomic E-state index is 13.1. The molecule has 2 heterocycles. The Hall–Kier alpha value is -1.81. The van der Waals surface area contributed by atoms with Crippen LogP contribution < -0.4 is 4.74 Å². The lowest BCUT2D eigenvalue weighted by molar-refractivity contribution is 0.0668. The molecule has 1 aromatic heterocycles. The lowest BCUT2D eigenvalue weighted by Crippen LogP contribution is -2.39. The fraction of sp³-hybridized carbons (Fsp3) is 0.350. The molecule has 148 valence electrons. The van der Waals surface area contributed by atoms with E-state index < -0.39 is 0 Å². The molecule has 2 aromatic rings. The highest BCUT2D eigenvalue weighted by Gasteiger charge is 2.31. The molecular weight excluding hydrogens is 465 g/mol. The van der Waals surface area contributed by atoms with Crippen LogP contribution in [-0.4, -0.2) is 28.9 Å². The summed E-state index contributed by atoms with van der Waals surface area (Å²) in [6, 6.07) is 7.43. The molecule has 1 amide bonds. The summed E-state index contributed by atoms with van der Waals surface area (Å²) in [4.78, 5) is 19.3. The molecule has 28 heavy (non-hydrogen) atoms. The van der Waals surface area contributed by atoms with E-state index in [2.05, 4.69) is 27.0 Å². The van der Waals surface area contributed by atoms with E-state index in [-0.39, 0.29) is 24.4 Å². The first-order chi connectivity index (χ1) is 13.0. The third-order valence-corrected chi connectivity index (χ3v) is 5.72. The highest BCUT2D eigenvalue weighted by Crippen LogP contribution is 2.33. The van der Waals surface area contributed by atoms with Crippen molar-refractivity contribution >= 4 is 45.8 Å². The molecule has 5 nitrogen and oxygen atoms in total. The number of carbonyl (C=O) groups excluding carboxylic acids is 1. The second-order valence-corrected chi connectivity index (χ2v) is 7.43. The largest absolute Gasteiger partial charge is 0.492 e. The van der Waals surface area contributed by atoms with Crippen LogP contribution in [0.1, 0.15) is 52.6 Å². The van der Waals surface area contributed by atoms with Crippen molar-refractivity contribution in [1.29, 1.82) is 5.26 Å². The van der Waals surface area contributed by atoms with Crippen LogP contribution in [0.4, 0.5) is 0 Å². The minimum atomic E-state index is -0.240. The van der Waals surface area contributed by atoms with Crippen LogP contribution in [0.5, 0.6) is 5.75 Å². The molecule has 0 saturated carbocycles. The molecule has 1 unspecified atom stereocenters. The van der Waals surface area contributed by atoms with Gasteiger partial charge in [0.05, 0.1) is 18.3 Å². The maximum Gasteiger partial charge on any atom is 0.254 e. The van der Waals surface area contributed by atoms with Crippen molar-refractivity contribution in [3.63, 3.8) is 0 Å². The predicted octanol–water partition coefficient (Wildman–Crippen LogP) is 5.03. The van der Waals surface area contributed by atoms with Gasteiger partial charge in [-0.3, -0.25) is 9.78 Å². The number of pyridine rings is 1. The average Bonchev–Trinajstić information content (AvgIpc) is 2.68. The van der Waals surface area contributed by atoms with Gasteiger partial charge in [-0.25, -0.2) is 0 Å². The standard InChI is InChI=1S/C20H19BrClN3O2.ClH/c1-3-27-19-8-18(24-11-14(19)10-23)12(2)25-5-4-15-16(20(25)26)6-13(9-22)7-17(15)21;/h6-8,11-12H,3-5,9H2,1-2H3;1H. The van der Waals surface area contributed by atoms with Crippen LogP contribution >= 0.6 is 39.9 Å². The van der Waals surface area contributed by atoms with Gasteiger partial charge in [0.15, 0.2) is 0 Å². The van der Waals surface area contributed by atoms with Crippen LogP contribution in [-0.2, 0) is 12.3 Å². The smallest absolute Gasteiger partial charge is 0.254 e. The summed E-state index contributed by atoms with van der Waals surface area (Å²) < 4.78 is 6.47. The average molecular weight is 485 g/mol. The SMILES string of the molecule is CCOc1cc(C(C)N2CCc3c(Br)cc(CCl)cc3C2=O)ncc1C#N.Cl. The maximum atomic E-state index is 13.1. The van der Waals surface area contributed by atoms with Crippen molar-refractivity contribution < 1.29 is 9.53 Å². The summed E-state index contributed by atoms with van der Waals surface area (Å²) in [6.45, 7) is 4.85. The zero-order chi connectivity index (χ0) is 19.6. The van der Waals surface area contributed by atoms with Gasteiger partial charge in [-0.2, -0.15) is 5.26 Å². The first-order valence-electron chi connectivity index (χ1n) is 8.71. The Bertz CT molecular complexity index is 930. The van der Waals surface area contributed by atoms with Crippen LogP contribution in [0, 0.1) is 11.3 Å². The van der Waals surface area contributed by atoms with Crippen molar-refractivity contribution in [3.05, 3.63) is 56.8 Å². The van der Waals surface area contributed by atoms with E-state index in [4.69, 9.17) is 16.3 Å². The molecule has 1 atom stereocenters. The molecule has 1 aliphatic heterocycles. The van der Waals surface area contributed by atoms with Gasteiger partial charge in [-0.05, 0) is 43.5 Å². The summed E-state index contributed by atoms with van der Waals surface area (Å²) in [5.41, 5.74) is 3.68. The van der Waals surface area contributed by atoms with E-state index in [0.717, 1.165) is 22.0 Å². The van der Waals surface area contributed by atoms with Gasteiger partial charge in [0, 0.05) is 34.7 Å². The molecule has 0 bridgehead atoms. The van der Waals surface area contributed by atoms with Gasteiger partial charge in [-0.15, -0.1) is 24.0 Å². The van der Waals surface area contributed by atoms with Crippen LogP contribution in [0.2, 0.25) is 0 Å². The Balaban J connectivity index is 0.00000280. The third kappa shape index (κ3) is 4.27. The van der Waals surface area contributed by atoms with Crippen LogP contribution in [0.15, 0.2) is 28.9 Å². The summed E-state index contributed by atoms with van der Waals surface area (Å²) in [6.07, 6.45) is 2.25. The van der Waals surface area contributed by atoms with E-state index in [1.54, 1.807) is 11.0 Å². The Morgan fingerprint density at radius 2 is 2.18 bits per heavy atom. The number of alkyl halides is 1. The summed E-state index contributed by atoms with van der Waals surface area (Å²) in [5, 5.41) is 9.20. The van der Waals surface area contributed by atoms with E-state index in [9.17, 15) is 10.1 Å². The summed E-state index contributed by atoms with van der Waals surface area (Å²) >= 11 is 9.52. The number of nitriles is 1. The van der Waals surface area contributed by atoms with E-state index >= 15 is 0 Å². The first kappa shape index (κ1) is 22.5. The topological polar surface area (TPSA) is 66.2 Å². The van der Waals surface area contributed by atoms with Crippen molar-refractivity contribution in [2.75, 3.05) is 13.2 Å². The molecule has 0 radical (unpaired) electrons. The van der Waals surface area contributed by atoms with Crippen LogP contribution in [0.25, 0.3) is 0 Å². The van der Waals surface area contributed by atoms with E-state index in [1.807, 2.05) is 26.0 Å². The highest BCUT2D eigenvalue weighted by atomic mass is 79.9. The zero-order valence-corrected chi connectivity index (χ0v) is 18.7. The Labute approximate surface area is 184 Å². The highest BCUT2D eigenvalue weighted by molar-refractivity contribution is 9.10. The number of fused-ring (bicyclic) bond motifs is 1. The number of hydrogen-bond donors (Lipinski definition) is 0. The fourth-order valence-electron chi connectivity index (χ4n) is 3.27. The van der Waals surface area contributed by atoms with E-state index in [1.165, 1.54) is 6.20 Å². The number of nitrogens with zero attached hydrogens (tertiary/aromatic N) is 3. The Morgan fingerprint density at radius 1 is 1.43 bits per heavy atom. The second kappa shape index (κ2) is 9.60. The zero-order valence-electron chi connectivity index (χ0n) is 15.5. The van der Waals surface area contributed by atoms with E-state index in [0.29, 0.717) is 41.6 Å². The number of carbonyl (C=O) groups is 1. The minimum Gasteiger partial charge on any atom is -0.492 e. The lowest BCUT2D eigenvalue weighted by Gasteiger charge is -2.34. The number of aromatic nitrogens is 1. The van der Waals surface area contributed by atoms with Gasteiger partial charge in [-0.1, -0.05) is 15.9 Å². The number of hydrogen-bond acceptors (Lipinski definition) is 4. The molecule has 8 heteroatoms.